The van der Waals surface area contributed by atoms with E-state index in [0.29, 0.717) is 17.3 Å². The van der Waals surface area contributed by atoms with Gasteiger partial charge in [0.05, 0.1) is 6.20 Å². The van der Waals surface area contributed by atoms with Crippen LogP contribution in [0.3, 0.4) is 0 Å². The summed E-state index contributed by atoms with van der Waals surface area (Å²) in [7, 11) is 1.79. The molecule has 1 amide bonds. The maximum Gasteiger partial charge on any atom is 0.244 e. The van der Waals surface area contributed by atoms with Gasteiger partial charge < -0.3 is 20.0 Å². The first kappa shape index (κ1) is 11.7. The van der Waals surface area contributed by atoms with E-state index in [4.69, 9.17) is 5.84 Å². The number of nitrogens with two attached hydrogens (primary N) is 1. The number of likely N-dealkylation sites (tertiary alicyclic amines) is 1. The van der Waals surface area contributed by atoms with E-state index in [1.807, 2.05) is 0 Å². The van der Waals surface area contributed by atoms with E-state index < -0.39 is 0 Å². The molecule has 3 rings (SSSR count). The molecule has 0 radical (unpaired) electrons. The van der Waals surface area contributed by atoms with E-state index in [1.54, 1.807) is 34.9 Å². The lowest BCUT2D eigenvalue weighted by atomic mass is 10.2. The molecule has 1 unspecified atom stereocenters. The van der Waals surface area contributed by atoms with Crippen LogP contribution in [0.5, 0.6) is 0 Å². The van der Waals surface area contributed by atoms with Crippen LogP contribution in [0.15, 0.2) is 18.6 Å². The molecule has 1 saturated heterocycles. The molecule has 1 aliphatic rings. The van der Waals surface area contributed by atoms with Crippen molar-refractivity contribution in [2.75, 3.05) is 24.3 Å². The summed E-state index contributed by atoms with van der Waals surface area (Å²) < 4.78 is 1.80. The average Bonchev–Trinajstić information content (AvgIpc) is 3.00. The van der Waals surface area contributed by atoms with Crippen LogP contribution in [0.2, 0.25) is 0 Å². The van der Waals surface area contributed by atoms with Crippen molar-refractivity contribution in [1.29, 1.82) is 0 Å². The number of nitrogen functional groups attached to an aromatic ring is 1. The summed E-state index contributed by atoms with van der Waals surface area (Å²) in [5.74, 6) is 6.51. The van der Waals surface area contributed by atoms with Gasteiger partial charge in [0.25, 0.3) is 0 Å². The highest BCUT2D eigenvalue weighted by Gasteiger charge is 2.29. The van der Waals surface area contributed by atoms with Crippen LogP contribution in [0, 0.1) is 0 Å². The fourth-order valence-electron chi connectivity index (χ4n) is 2.22. The third-order valence-corrected chi connectivity index (χ3v) is 3.26. The summed E-state index contributed by atoms with van der Waals surface area (Å²) in [5.41, 5.74) is 3.17. The van der Waals surface area contributed by atoms with Crippen LogP contribution in [-0.4, -0.2) is 44.8 Å². The summed E-state index contributed by atoms with van der Waals surface area (Å²) >= 11 is 0. The largest absolute Gasteiger partial charge is 0.355 e. The van der Waals surface area contributed by atoms with E-state index in [2.05, 4.69) is 20.7 Å². The molecule has 1 fully saturated rings. The second kappa shape index (κ2) is 4.39. The first-order valence-corrected chi connectivity index (χ1v) is 6.01. The predicted octanol–water partition coefficient (Wildman–Crippen LogP) is -0.343. The van der Waals surface area contributed by atoms with Gasteiger partial charge in [0.15, 0.2) is 17.3 Å². The number of hydrazine groups is 1. The lowest BCUT2D eigenvalue weighted by molar-refractivity contribution is -0.127. The molecule has 0 aromatic carbocycles. The van der Waals surface area contributed by atoms with Gasteiger partial charge in [0.2, 0.25) is 5.91 Å². The first-order valence-electron chi connectivity index (χ1n) is 6.01. The number of nitrogens with one attached hydrogen (secondary N) is 2. The lowest BCUT2D eigenvalue weighted by Gasteiger charge is -2.14. The van der Waals surface area contributed by atoms with E-state index >= 15 is 0 Å². The van der Waals surface area contributed by atoms with Crippen LogP contribution in [0.1, 0.15) is 6.42 Å². The molecule has 100 valence electrons. The summed E-state index contributed by atoms with van der Waals surface area (Å²) in [6, 6.07) is -0.258. The molecule has 2 aromatic rings. The molecular formula is C11H15N7O. The lowest BCUT2D eigenvalue weighted by Crippen LogP contribution is -2.31. The Kier molecular flexibility index (Phi) is 2.71. The van der Waals surface area contributed by atoms with Crippen molar-refractivity contribution in [3.8, 4) is 0 Å². The van der Waals surface area contributed by atoms with E-state index in [0.717, 1.165) is 13.0 Å². The van der Waals surface area contributed by atoms with Gasteiger partial charge in [-0.15, -0.1) is 0 Å². The van der Waals surface area contributed by atoms with Crippen molar-refractivity contribution in [2.45, 2.75) is 12.5 Å². The molecule has 8 heteroatoms. The Hall–Kier alpha value is -2.35. The van der Waals surface area contributed by atoms with Crippen molar-refractivity contribution in [2.24, 2.45) is 5.84 Å². The molecule has 1 aliphatic heterocycles. The highest BCUT2D eigenvalue weighted by atomic mass is 16.2. The van der Waals surface area contributed by atoms with Gasteiger partial charge in [-0.2, -0.15) is 0 Å². The van der Waals surface area contributed by atoms with Crippen molar-refractivity contribution < 1.29 is 4.79 Å². The number of carbonyl (C=O) groups excluding carboxylic acids is 1. The van der Waals surface area contributed by atoms with Crippen molar-refractivity contribution in [3.05, 3.63) is 18.6 Å². The number of hydrogen-bond donors (Lipinski definition) is 3. The summed E-state index contributed by atoms with van der Waals surface area (Å²) in [4.78, 5) is 22.1. The monoisotopic (exact) mass is 261 g/mol. The summed E-state index contributed by atoms with van der Waals surface area (Å²) in [6.07, 6.45) is 5.96. The number of fused-ring (bicyclic) bond motifs is 1. The molecule has 4 N–H and O–H groups in total. The maximum absolute atomic E-state index is 11.9. The molecule has 0 saturated carbocycles. The predicted molar refractivity (Wildman–Crippen MR) is 70.5 cm³/mol. The Morgan fingerprint density at radius 2 is 2.37 bits per heavy atom. The highest BCUT2D eigenvalue weighted by Crippen LogP contribution is 2.20. The maximum atomic E-state index is 11.9. The van der Waals surface area contributed by atoms with Crippen molar-refractivity contribution >= 4 is 23.2 Å². The molecule has 0 aliphatic carbocycles. The Labute approximate surface area is 109 Å². The van der Waals surface area contributed by atoms with E-state index in [-0.39, 0.29) is 11.9 Å². The van der Waals surface area contributed by atoms with E-state index in [1.165, 1.54) is 0 Å². The highest BCUT2D eigenvalue weighted by molar-refractivity contribution is 5.87. The molecule has 3 heterocycles. The normalized spacial score (nSPS) is 19.2. The Morgan fingerprint density at radius 3 is 3.05 bits per heavy atom. The molecule has 0 spiro atoms. The third kappa shape index (κ3) is 1.95. The molecule has 8 nitrogen and oxygen atoms in total. The smallest absolute Gasteiger partial charge is 0.244 e. The number of imidazole rings is 1. The van der Waals surface area contributed by atoms with Gasteiger partial charge >= 0.3 is 0 Å². The SMILES string of the molecule is CN1CCC(Nc2nc(NN)cn3ccnc23)C1=O. The standard InChI is InChI=1S/C11H15N7O/c1-17-4-2-7(11(17)19)14-9-10-13-3-5-18(10)6-8(15-9)16-12/h3,5-7,16H,2,4,12H2,1H3,(H,14,15). The fourth-order valence-corrected chi connectivity index (χ4v) is 2.22. The second-order valence-corrected chi connectivity index (χ2v) is 4.52. The fraction of sp³-hybridized carbons (Fsp3) is 0.364. The van der Waals surface area contributed by atoms with Gasteiger partial charge in [-0.1, -0.05) is 0 Å². The van der Waals surface area contributed by atoms with Crippen LogP contribution >= 0.6 is 0 Å². The Bertz CT molecular complexity index is 623. The zero-order chi connectivity index (χ0) is 13.4. The van der Waals surface area contributed by atoms with Crippen molar-refractivity contribution in [1.82, 2.24) is 19.3 Å². The number of likely N-dealkylation sites (N-methyl/N-ethyl adjacent to an activating group) is 1. The summed E-state index contributed by atoms with van der Waals surface area (Å²) in [5, 5.41) is 3.14. The number of rotatable bonds is 3. The van der Waals surface area contributed by atoms with Gasteiger partial charge in [0.1, 0.15) is 6.04 Å². The molecule has 0 bridgehead atoms. The molecular weight excluding hydrogens is 246 g/mol. The number of amides is 1. The number of hydrogen-bond acceptors (Lipinski definition) is 6. The van der Waals surface area contributed by atoms with E-state index in [9.17, 15) is 4.79 Å². The number of nitrogens with zero attached hydrogens (tertiary/aromatic N) is 4. The van der Waals surface area contributed by atoms with Gasteiger partial charge in [0, 0.05) is 26.0 Å². The molecule has 19 heavy (non-hydrogen) atoms. The number of aromatic nitrogens is 3. The number of anilines is 2. The molecule has 2 aromatic heterocycles. The Morgan fingerprint density at radius 1 is 1.53 bits per heavy atom. The van der Waals surface area contributed by atoms with Crippen molar-refractivity contribution in [3.63, 3.8) is 0 Å². The minimum Gasteiger partial charge on any atom is -0.355 e. The van der Waals surface area contributed by atoms with Crippen LogP contribution in [0.25, 0.3) is 5.65 Å². The Balaban J connectivity index is 1.95. The average molecular weight is 261 g/mol. The van der Waals surface area contributed by atoms with Crippen LogP contribution in [-0.2, 0) is 4.79 Å². The topological polar surface area (TPSA) is 101 Å². The zero-order valence-corrected chi connectivity index (χ0v) is 10.5. The third-order valence-electron chi connectivity index (χ3n) is 3.26. The number of carbonyl (C=O) groups is 1. The second-order valence-electron chi connectivity index (χ2n) is 4.52. The van der Waals surface area contributed by atoms with Gasteiger partial charge in [-0.3, -0.25) is 4.79 Å². The van der Waals surface area contributed by atoms with Gasteiger partial charge in [-0.25, -0.2) is 15.8 Å². The van der Waals surface area contributed by atoms with Gasteiger partial charge in [-0.05, 0) is 6.42 Å². The summed E-state index contributed by atoms with van der Waals surface area (Å²) in [6.45, 7) is 0.746. The van der Waals surface area contributed by atoms with Crippen LogP contribution < -0.4 is 16.6 Å². The molecule has 1 atom stereocenters. The van der Waals surface area contributed by atoms with Crippen LogP contribution in [0.4, 0.5) is 11.6 Å². The quantitative estimate of drug-likeness (QED) is 0.516. The first-order chi connectivity index (χ1) is 9.19. The zero-order valence-electron chi connectivity index (χ0n) is 10.5. The minimum absolute atomic E-state index is 0.0672. The minimum atomic E-state index is -0.258.